The van der Waals surface area contributed by atoms with Crippen molar-refractivity contribution in [3.05, 3.63) is 184 Å². The van der Waals surface area contributed by atoms with E-state index in [2.05, 4.69) is 41.8 Å². The Hall–Kier alpha value is -5.27. The average molecular weight is 870 g/mol. The number of nitrogens with zero attached hydrogens (tertiary/aromatic N) is 5. The summed E-state index contributed by atoms with van der Waals surface area (Å²) in [5.74, 6) is -0.814. The fourth-order valence-corrected chi connectivity index (χ4v) is 6.76. The van der Waals surface area contributed by atoms with E-state index in [-0.39, 0.29) is 27.8 Å². The monoisotopic (exact) mass is 867 g/mol. The Morgan fingerprint density at radius 2 is 1.22 bits per heavy atom. The van der Waals surface area contributed by atoms with E-state index in [1.807, 2.05) is 76.7 Å². The van der Waals surface area contributed by atoms with E-state index in [0.29, 0.717) is 34.4 Å². The molecule has 0 radical (unpaired) electrons. The fraction of sp³-hybridized carbons (Fsp3) is 0.122. The first-order chi connectivity index (χ1) is 25.9. The number of hydrogen-bond donors (Lipinski definition) is 0. The van der Waals surface area contributed by atoms with E-state index in [9.17, 15) is 19.2 Å². The number of pyridine rings is 4. The molecule has 4 aromatic heterocycles. The Bertz CT molecular complexity index is 2680. The topological polar surface area (TPSA) is 116 Å². The Morgan fingerprint density at radius 1 is 0.722 bits per heavy atom. The third-order valence-electron chi connectivity index (χ3n) is 8.64. The number of hydrogen-bond acceptors (Lipinski definition) is 7. The highest BCUT2D eigenvalue weighted by molar-refractivity contribution is 9.10. The molecule has 0 unspecified atom stereocenters. The molecule has 0 aliphatic carbocycles. The Kier molecular flexibility index (Phi) is 12.0. The van der Waals surface area contributed by atoms with Crippen molar-refractivity contribution in [2.75, 3.05) is 14.2 Å². The zero-order valence-electron chi connectivity index (χ0n) is 29.3. The molecule has 13 heteroatoms. The number of rotatable bonds is 8. The summed E-state index contributed by atoms with van der Waals surface area (Å²) in [6, 6.07) is 30.8. The van der Waals surface area contributed by atoms with Crippen molar-refractivity contribution >= 4 is 77.0 Å². The van der Waals surface area contributed by atoms with Gasteiger partial charge in [0, 0.05) is 40.8 Å². The molecule has 0 spiro atoms. The van der Waals surface area contributed by atoms with Crippen LogP contribution in [0.15, 0.2) is 134 Å². The largest absolute Gasteiger partial charge is 0.340 e. The van der Waals surface area contributed by atoms with Crippen LogP contribution in [-0.4, -0.2) is 50.0 Å². The second-order valence-corrected chi connectivity index (χ2v) is 14.2. The van der Waals surface area contributed by atoms with Gasteiger partial charge in [-0.25, -0.2) is 15.0 Å². The summed E-state index contributed by atoms with van der Waals surface area (Å²) < 4.78 is 5.20. The third kappa shape index (κ3) is 8.42. The normalized spacial score (nSPS) is 10.9. The molecule has 0 aliphatic heterocycles. The number of aryl methyl sites for hydroxylation is 1. The quantitative estimate of drug-likeness (QED) is 0.0859. The number of amides is 1. The fourth-order valence-electron chi connectivity index (χ4n) is 5.89. The maximum absolute atomic E-state index is 13.2. The summed E-state index contributed by atoms with van der Waals surface area (Å²) in [6.45, 7) is 2.69. The first-order valence-corrected chi connectivity index (χ1v) is 18.5. The summed E-state index contributed by atoms with van der Waals surface area (Å²) in [5.41, 5.74) is 3.92. The summed E-state index contributed by atoms with van der Waals surface area (Å²) >= 11 is 12.8. The molecule has 272 valence electrons. The number of ketones is 1. The summed E-state index contributed by atoms with van der Waals surface area (Å²) in [5, 5.41) is 2.60. The lowest BCUT2D eigenvalue weighted by atomic mass is 10.0. The van der Waals surface area contributed by atoms with E-state index >= 15 is 0 Å². The number of halogens is 3. The summed E-state index contributed by atoms with van der Waals surface area (Å²) in [4.78, 5) is 65.2. The van der Waals surface area contributed by atoms with E-state index in [0.717, 1.165) is 42.3 Å². The number of fused-ring (bicyclic) bond motifs is 2. The second-order valence-electron chi connectivity index (χ2n) is 12.2. The highest BCUT2D eigenvalue weighted by atomic mass is 79.9. The van der Waals surface area contributed by atoms with Crippen LogP contribution in [0.1, 0.15) is 43.2 Å². The zero-order chi connectivity index (χ0) is 38.5. The van der Waals surface area contributed by atoms with Gasteiger partial charge in [0.2, 0.25) is 10.9 Å². The second kappa shape index (κ2) is 16.8. The van der Waals surface area contributed by atoms with E-state index in [1.165, 1.54) is 14.2 Å². The standard InChI is InChI=1S/C23H16BrClN2O2.C18H16BrN3O3/c1-14-11-15(9-10-19(14)25)22(28)18-13-27(12-16-5-4-8-21(24)26-16)20-7-3-2-6-17(20)23(18)29;1-21(25-2)18(24)14-11-22(10-12-6-5-9-16(19)20-12)15-8-4-3-7-13(15)17(14)23/h2-11,13H,12H2,1H3;3-9,11H,10H2,1-2H3. The van der Waals surface area contributed by atoms with Crippen molar-refractivity contribution in [1.29, 1.82) is 0 Å². The van der Waals surface area contributed by atoms with Crippen LogP contribution >= 0.6 is 43.5 Å². The van der Waals surface area contributed by atoms with Crippen molar-refractivity contribution in [3.8, 4) is 0 Å². The number of carbonyl (C=O) groups excluding carboxylic acids is 2. The molecule has 1 amide bonds. The van der Waals surface area contributed by atoms with Crippen molar-refractivity contribution in [3.63, 3.8) is 0 Å². The minimum absolute atomic E-state index is 0.0537. The van der Waals surface area contributed by atoms with Crippen molar-refractivity contribution in [1.82, 2.24) is 24.2 Å². The van der Waals surface area contributed by atoms with Gasteiger partial charge in [-0.2, -0.15) is 0 Å². The molecule has 0 saturated heterocycles. The van der Waals surface area contributed by atoms with Gasteiger partial charge in [-0.05, 0) is 111 Å². The van der Waals surface area contributed by atoms with Crippen molar-refractivity contribution in [2.45, 2.75) is 20.0 Å². The maximum atomic E-state index is 13.2. The van der Waals surface area contributed by atoms with Gasteiger partial charge in [0.15, 0.2) is 5.78 Å². The highest BCUT2D eigenvalue weighted by Crippen LogP contribution is 2.21. The number of para-hydroxylation sites is 2. The number of benzene rings is 3. The lowest BCUT2D eigenvalue weighted by Gasteiger charge is -2.16. The lowest BCUT2D eigenvalue weighted by molar-refractivity contribution is -0.0758. The van der Waals surface area contributed by atoms with Crippen LogP contribution < -0.4 is 10.9 Å². The smallest absolute Gasteiger partial charge is 0.282 e. The number of carbonyl (C=O) groups is 2. The minimum atomic E-state index is -0.491. The van der Waals surface area contributed by atoms with Gasteiger partial charge >= 0.3 is 0 Å². The molecule has 7 rings (SSSR count). The molecule has 0 saturated carbocycles. The van der Waals surface area contributed by atoms with Gasteiger partial charge in [-0.15, -0.1) is 0 Å². The molecule has 4 heterocycles. The molecule has 7 aromatic rings. The van der Waals surface area contributed by atoms with Gasteiger partial charge in [-0.1, -0.05) is 48.0 Å². The Labute approximate surface area is 331 Å². The van der Waals surface area contributed by atoms with Gasteiger partial charge < -0.3 is 9.13 Å². The molecule has 54 heavy (non-hydrogen) atoms. The van der Waals surface area contributed by atoms with Crippen LogP contribution in [0.3, 0.4) is 0 Å². The average Bonchev–Trinajstić information content (AvgIpc) is 3.17. The van der Waals surface area contributed by atoms with Crippen molar-refractivity contribution in [2.24, 2.45) is 0 Å². The summed E-state index contributed by atoms with van der Waals surface area (Å²) in [6.07, 6.45) is 3.19. The predicted octanol–water partition coefficient (Wildman–Crippen LogP) is 8.24. The number of hydroxylamine groups is 2. The highest BCUT2D eigenvalue weighted by Gasteiger charge is 2.20. The van der Waals surface area contributed by atoms with Crippen LogP contribution in [0.25, 0.3) is 21.8 Å². The molecule has 0 aliphatic rings. The molecule has 10 nitrogen and oxygen atoms in total. The van der Waals surface area contributed by atoms with Gasteiger partial charge in [0.05, 0.1) is 48.2 Å². The van der Waals surface area contributed by atoms with E-state index < -0.39 is 5.91 Å². The van der Waals surface area contributed by atoms with Crippen molar-refractivity contribution < 1.29 is 14.4 Å². The van der Waals surface area contributed by atoms with Crippen LogP contribution in [0.4, 0.5) is 0 Å². The summed E-state index contributed by atoms with van der Waals surface area (Å²) in [7, 11) is 2.85. The minimum Gasteiger partial charge on any atom is -0.340 e. The molecule has 0 N–H and O–H groups in total. The van der Waals surface area contributed by atoms with Crippen LogP contribution in [0, 0.1) is 6.92 Å². The van der Waals surface area contributed by atoms with E-state index in [4.69, 9.17) is 16.4 Å². The van der Waals surface area contributed by atoms with Crippen LogP contribution in [-0.2, 0) is 17.9 Å². The molecule has 0 atom stereocenters. The number of aromatic nitrogens is 4. The van der Waals surface area contributed by atoms with Crippen LogP contribution in [0.5, 0.6) is 0 Å². The first kappa shape index (κ1) is 38.5. The molecular weight excluding hydrogens is 838 g/mol. The lowest BCUT2D eigenvalue weighted by Crippen LogP contribution is -2.31. The molecule has 3 aromatic carbocycles. The molecule has 0 fully saturated rings. The third-order valence-corrected chi connectivity index (χ3v) is 9.95. The Balaban J connectivity index is 0.000000186. The van der Waals surface area contributed by atoms with Crippen LogP contribution in [0.2, 0.25) is 5.02 Å². The Morgan fingerprint density at radius 3 is 1.72 bits per heavy atom. The van der Waals surface area contributed by atoms with Gasteiger partial charge in [0.25, 0.3) is 5.91 Å². The predicted molar refractivity (Wildman–Crippen MR) is 217 cm³/mol. The van der Waals surface area contributed by atoms with Gasteiger partial charge in [0.1, 0.15) is 14.8 Å². The molecular formula is C41H32Br2ClN5O5. The maximum Gasteiger partial charge on any atom is 0.282 e. The SMILES string of the molecule is CON(C)C(=O)c1cn(Cc2cccc(Br)n2)c2ccccc2c1=O.Cc1cc(C(=O)c2cn(Cc3cccc(Br)n3)c3ccccc3c2=O)ccc1Cl. The molecule has 0 bridgehead atoms. The van der Waals surface area contributed by atoms with Gasteiger partial charge in [-0.3, -0.25) is 24.0 Å². The van der Waals surface area contributed by atoms with E-state index in [1.54, 1.807) is 54.9 Å². The zero-order valence-corrected chi connectivity index (χ0v) is 33.2. The first-order valence-electron chi connectivity index (χ1n) is 16.6.